The van der Waals surface area contributed by atoms with Crippen LogP contribution in [0.4, 0.5) is 0 Å². The van der Waals surface area contributed by atoms with Crippen LogP contribution in [-0.2, 0) is 13.8 Å². The number of thiol groups is 2. The minimum Gasteiger partial charge on any atom is -0.390 e. The first-order valence-corrected chi connectivity index (χ1v) is 7.24. The summed E-state index contributed by atoms with van der Waals surface area (Å²) in [6.07, 6.45) is 0. The zero-order valence-electron chi connectivity index (χ0n) is 7.66. The van der Waals surface area contributed by atoms with Crippen LogP contribution in [0.15, 0.2) is 0 Å². The van der Waals surface area contributed by atoms with E-state index in [1.807, 2.05) is 0 Å². The molecule has 2 atom stereocenters. The highest BCUT2D eigenvalue weighted by Crippen LogP contribution is 2.13. The molecule has 0 radical (unpaired) electrons. The molecule has 0 fully saturated rings. The van der Waals surface area contributed by atoms with E-state index in [0.717, 1.165) is 22.8 Å². The molecule has 0 spiro atoms. The molecular weight excluding hydrogens is 276 g/mol. The van der Waals surface area contributed by atoms with E-state index in [2.05, 4.69) is 24.3 Å². The van der Waals surface area contributed by atoms with Gasteiger partial charge in [0.1, 0.15) is 6.04 Å². The van der Waals surface area contributed by atoms with Gasteiger partial charge in [-0.3, -0.25) is 4.79 Å². The molecule has 0 aliphatic heterocycles. The molecule has 0 rings (SSSR count). The van der Waals surface area contributed by atoms with Gasteiger partial charge in [-0.25, -0.2) is 4.79 Å². The number of hydrogen-bond acceptors (Lipinski definition) is 9. The molecule has 15 heavy (non-hydrogen) atoms. The molecule has 0 aromatic carbocycles. The minimum atomic E-state index is -0.757. The number of nitrogens with two attached hydrogens (primary N) is 2. The fourth-order valence-electron chi connectivity index (χ4n) is 0.437. The number of carbonyl (C=O) groups is 2. The molecule has 5 nitrogen and oxygen atoms in total. The smallest absolute Gasteiger partial charge is 0.335 e. The van der Waals surface area contributed by atoms with Gasteiger partial charge < -0.3 is 15.7 Å². The maximum absolute atomic E-state index is 11.0. The standard InChI is InChI=1S/C6H12N2O3S4/c7-3(1-12)5(9)11-14-2-4(8)6(10)15-13/h3-4,12-13H,1-2,7-8H2/t3-,4-/m0/s1. The van der Waals surface area contributed by atoms with E-state index in [1.54, 1.807) is 0 Å². The second-order valence-corrected chi connectivity index (χ2v) is 4.73. The van der Waals surface area contributed by atoms with Gasteiger partial charge in [0.05, 0.1) is 23.8 Å². The van der Waals surface area contributed by atoms with Crippen molar-refractivity contribution < 1.29 is 13.8 Å². The topological polar surface area (TPSA) is 95.4 Å². The first-order chi connectivity index (χ1) is 7.02. The molecule has 0 aliphatic carbocycles. The van der Waals surface area contributed by atoms with Crippen LogP contribution in [0.5, 0.6) is 0 Å². The molecular formula is C6H12N2O3S4. The highest BCUT2D eigenvalue weighted by molar-refractivity contribution is 8.74. The van der Waals surface area contributed by atoms with Crippen molar-refractivity contribution >= 4 is 58.2 Å². The summed E-state index contributed by atoms with van der Waals surface area (Å²) in [6, 6.07) is -1.47. The fraction of sp³-hybridized carbons (Fsp3) is 0.667. The van der Waals surface area contributed by atoms with Gasteiger partial charge in [-0.15, -0.1) is 11.7 Å². The van der Waals surface area contributed by atoms with Crippen LogP contribution in [0.2, 0.25) is 0 Å². The van der Waals surface area contributed by atoms with Gasteiger partial charge in [0, 0.05) is 5.75 Å². The Morgan fingerprint density at radius 2 is 1.93 bits per heavy atom. The van der Waals surface area contributed by atoms with E-state index in [4.69, 9.17) is 15.7 Å². The summed E-state index contributed by atoms with van der Waals surface area (Å²) in [5.41, 5.74) is 10.8. The Hall–Kier alpha value is 0.460. The van der Waals surface area contributed by atoms with Crippen molar-refractivity contribution in [2.24, 2.45) is 11.5 Å². The van der Waals surface area contributed by atoms with Gasteiger partial charge in [-0.05, 0) is 10.8 Å². The molecule has 0 aromatic heterocycles. The van der Waals surface area contributed by atoms with Gasteiger partial charge in [-0.1, -0.05) is 0 Å². The van der Waals surface area contributed by atoms with Crippen molar-refractivity contribution in [2.75, 3.05) is 11.5 Å². The maximum atomic E-state index is 11.0. The lowest BCUT2D eigenvalue weighted by Gasteiger charge is -2.09. The summed E-state index contributed by atoms with van der Waals surface area (Å²) in [6.45, 7) is 0. The van der Waals surface area contributed by atoms with Crippen molar-refractivity contribution in [3.8, 4) is 0 Å². The van der Waals surface area contributed by atoms with E-state index in [-0.39, 0.29) is 16.6 Å². The number of hydrogen-bond donors (Lipinski definition) is 4. The first kappa shape index (κ1) is 15.5. The van der Waals surface area contributed by atoms with Crippen molar-refractivity contribution in [1.82, 2.24) is 0 Å². The van der Waals surface area contributed by atoms with Crippen molar-refractivity contribution in [3.63, 3.8) is 0 Å². The lowest BCUT2D eigenvalue weighted by molar-refractivity contribution is -0.134. The predicted octanol–water partition coefficient (Wildman–Crippen LogP) is -0.133. The molecule has 0 bridgehead atoms. The summed E-state index contributed by atoms with van der Waals surface area (Å²) >= 11 is 8.34. The van der Waals surface area contributed by atoms with Crippen LogP contribution in [0.3, 0.4) is 0 Å². The Kier molecular flexibility index (Phi) is 8.86. The van der Waals surface area contributed by atoms with Crippen LogP contribution in [-0.4, -0.2) is 34.7 Å². The third kappa shape index (κ3) is 6.59. The predicted molar refractivity (Wildman–Crippen MR) is 69.9 cm³/mol. The minimum absolute atomic E-state index is 0.178. The normalized spacial score (nSPS) is 14.4. The van der Waals surface area contributed by atoms with Gasteiger partial charge in [-0.2, -0.15) is 12.6 Å². The second-order valence-electron chi connectivity index (χ2n) is 2.49. The molecule has 0 aromatic rings. The first-order valence-electron chi connectivity index (χ1n) is 3.83. The molecule has 0 unspecified atom stereocenters. The highest BCUT2D eigenvalue weighted by atomic mass is 33.1. The quantitative estimate of drug-likeness (QED) is 0.307. The van der Waals surface area contributed by atoms with E-state index in [0.29, 0.717) is 0 Å². The molecule has 9 heteroatoms. The lowest BCUT2D eigenvalue weighted by atomic mass is 10.4. The second kappa shape index (κ2) is 8.59. The Morgan fingerprint density at radius 3 is 2.40 bits per heavy atom. The molecule has 4 N–H and O–H groups in total. The average Bonchev–Trinajstić information content (AvgIpc) is 2.26. The van der Waals surface area contributed by atoms with Crippen LogP contribution in [0, 0.1) is 0 Å². The Morgan fingerprint density at radius 1 is 1.33 bits per heavy atom. The monoisotopic (exact) mass is 288 g/mol. The van der Waals surface area contributed by atoms with Gasteiger partial charge in [0.2, 0.25) is 5.12 Å². The largest absolute Gasteiger partial charge is 0.390 e. The van der Waals surface area contributed by atoms with E-state index >= 15 is 0 Å². The van der Waals surface area contributed by atoms with Crippen molar-refractivity contribution in [1.29, 1.82) is 0 Å². The number of rotatable bonds is 6. The third-order valence-electron chi connectivity index (χ3n) is 1.28. The fourth-order valence-corrected chi connectivity index (χ4v) is 1.92. The summed E-state index contributed by atoms with van der Waals surface area (Å²) < 4.78 is 4.70. The van der Waals surface area contributed by atoms with Crippen LogP contribution >= 0.6 is 47.1 Å². The molecule has 0 amide bonds. The highest BCUT2D eigenvalue weighted by Gasteiger charge is 2.17. The number of carbonyl (C=O) groups excluding carboxylic acids is 2. The molecule has 0 saturated heterocycles. The third-order valence-corrected chi connectivity index (χ3v) is 3.47. The lowest BCUT2D eigenvalue weighted by Crippen LogP contribution is -2.34. The SMILES string of the molecule is N[C@@H](CS)C(=O)OSC[C@H](N)C(=O)SS. The zero-order chi connectivity index (χ0) is 11.8. The summed E-state index contributed by atoms with van der Waals surface area (Å²) in [4.78, 5) is 22.0. The Bertz CT molecular complexity index is 228. The Balaban J connectivity index is 3.70. The van der Waals surface area contributed by atoms with Crippen LogP contribution in [0.25, 0.3) is 0 Å². The zero-order valence-corrected chi connectivity index (χ0v) is 11.1. The van der Waals surface area contributed by atoms with Gasteiger partial charge in [0.25, 0.3) is 0 Å². The van der Waals surface area contributed by atoms with Gasteiger partial charge in [0.15, 0.2) is 0 Å². The van der Waals surface area contributed by atoms with Gasteiger partial charge >= 0.3 is 5.97 Å². The van der Waals surface area contributed by atoms with Crippen LogP contribution < -0.4 is 11.5 Å². The van der Waals surface area contributed by atoms with Crippen molar-refractivity contribution in [3.05, 3.63) is 0 Å². The van der Waals surface area contributed by atoms with Crippen molar-refractivity contribution in [2.45, 2.75) is 12.1 Å². The van der Waals surface area contributed by atoms with E-state index < -0.39 is 18.1 Å². The summed E-state index contributed by atoms with van der Waals surface area (Å²) in [5, 5.41) is -0.277. The molecule has 0 heterocycles. The molecule has 0 saturated carbocycles. The Labute approximate surface area is 107 Å². The molecule has 0 aliphatic rings. The molecule has 88 valence electrons. The van der Waals surface area contributed by atoms with E-state index in [9.17, 15) is 9.59 Å². The maximum Gasteiger partial charge on any atom is 0.335 e. The average molecular weight is 288 g/mol. The van der Waals surface area contributed by atoms with E-state index in [1.165, 1.54) is 0 Å². The summed E-state index contributed by atoms with van der Waals surface area (Å²) in [5.74, 6) is -0.193. The van der Waals surface area contributed by atoms with Crippen LogP contribution in [0.1, 0.15) is 0 Å². The summed E-state index contributed by atoms with van der Waals surface area (Å²) in [7, 11) is 0.742.